The van der Waals surface area contributed by atoms with Crippen LogP contribution in [0.5, 0.6) is 11.9 Å². The molecule has 2 bridgehead atoms. The van der Waals surface area contributed by atoms with Gasteiger partial charge in [-0.1, -0.05) is 81.4 Å². The number of hydrogen-bond donors (Lipinski definition) is 3. The number of aliphatic hydroxyl groups excluding tert-OH is 1. The number of thiazole rings is 1. The number of aryl methyl sites for hydroxylation is 2. The number of likely N-dealkylation sites (tertiary alicyclic amines) is 1. The number of halogens is 1. The summed E-state index contributed by atoms with van der Waals surface area (Å²) < 4.78 is 36.2. The molecular formula is C59H67FN10O6S. The second-order valence-corrected chi connectivity index (χ2v) is 23.2. The van der Waals surface area contributed by atoms with Gasteiger partial charge in [0.2, 0.25) is 11.8 Å². The van der Waals surface area contributed by atoms with Crippen molar-refractivity contribution in [1.29, 1.82) is 0 Å². The number of anilines is 1. The second kappa shape index (κ2) is 21.0. The summed E-state index contributed by atoms with van der Waals surface area (Å²) in [5.74, 6) is -0.845. The molecule has 16 nitrogen and oxygen atoms in total. The van der Waals surface area contributed by atoms with Gasteiger partial charge in [0.1, 0.15) is 42.2 Å². The molecule has 3 aromatic carbocycles. The van der Waals surface area contributed by atoms with Crippen molar-refractivity contribution in [1.82, 2.24) is 45.5 Å². The molecule has 2 unspecified atom stereocenters. The summed E-state index contributed by atoms with van der Waals surface area (Å²) in [6, 6.07) is 21.6. The van der Waals surface area contributed by atoms with Crippen LogP contribution in [0.3, 0.4) is 0 Å². The van der Waals surface area contributed by atoms with E-state index in [4.69, 9.17) is 28.9 Å². The molecular weight excluding hydrogens is 996 g/mol. The first-order valence-electron chi connectivity index (χ1n) is 27.5. The number of carbonyl (C=O) groups excluding carboxylic acids is 2. The van der Waals surface area contributed by atoms with E-state index in [1.54, 1.807) is 23.6 Å². The maximum absolute atomic E-state index is 17.3. The largest absolute Gasteiger partial charge is 0.474 e. The number of amides is 2. The molecule has 0 saturated carbocycles. The average Bonchev–Trinajstić information content (AvgIpc) is 4.33. The van der Waals surface area contributed by atoms with Gasteiger partial charge in [-0.3, -0.25) is 19.5 Å². The van der Waals surface area contributed by atoms with Crippen molar-refractivity contribution in [2.45, 2.75) is 134 Å². The lowest BCUT2D eigenvalue weighted by atomic mass is 9.91. The lowest BCUT2D eigenvalue weighted by Crippen LogP contribution is -2.51. The Morgan fingerprint density at radius 2 is 1.78 bits per heavy atom. The van der Waals surface area contributed by atoms with Crippen LogP contribution in [-0.4, -0.2) is 127 Å². The molecule has 4 aromatic heterocycles. The van der Waals surface area contributed by atoms with Gasteiger partial charge in [0.15, 0.2) is 11.6 Å². The number of nitrogens with zero attached hydrogens (tertiary/aromatic N) is 8. The van der Waals surface area contributed by atoms with Crippen molar-refractivity contribution in [3.63, 3.8) is 0 Å². The molecule has 402 valence electrons. The number of hydrogen-bond acceptors (Lipinski definition) is 15. The van der Waals surface area contributed by atoms with Gasteiger partial charge in [-0.05, 0) is 104 Å². The SMILES string of the molecule is CCc1cccc2cccc(-c3ncc4c(N5CC6CCC(C5)N6)nc(OC[C@]56CCCN5[C@H](COc5cc([C@H](C(=O)N7C[C@H](O)C[C@H]7C(=O)N[C@@H](C)c7ccc(-c8scnc8C)cc7)C(C)C)on5)CC6)nc4c3F)c12. The second-order valence-electron chi connectivity index (χ2n) is 22.3. The van der Waals surface area contributed by atoms with Crippen LogP contribution in [0.4, 0.5) is 10.2 Å². The van der Waals surface area contributed by atoms with Gasteiger partial charge >= 0.3 is 6.01 Å². The number of carbonyl (C=O) groups is 2. The third-order valence-electron chi connectivity index (χ3n) is 17.1. The number of fused-ring (bicyclic) bond motifs is 5. The number of piperazine rings is 1. The van der Waals surface area contributed by atoms with Crippen molar-refractivity contribution >= 4 is 50.6 Å². The molecule has 5 saturated heterocycles. The van der Waals surface area contributed by atoms with Crippen molar-refractivity contribution in [3.8, 4) is 33.6 Å². The Kier molecular flexibility index (Phi) is 13.9. The Morgan fingerprint density at radius 1 is 0.987 bits per heavy atom. The summed E-state index contributed by atoms with van der Waals surface area (Å²) in [6.07, 6.45) is 7.63. The number of pyridine rings is 1. The predicted molar refractivity (Wildman–Crippen MR) is 294 cm³/mol. The maximum Gasteiger partial charge on any atom is 0.319 e. The zero-order valence-electron chi connectivity index (χ0n) is 44.4. The van der Waals surface area contributed by atoms with E-state index in [9.17, 15) is 14.7 Å². The minimum absolute atomic E-state index is 0.0318. The smallest absolute Gasteiger partial charge is 0.319 e. The van der Waals surface area contributed by atoms with E-state index < -0.39 is 23.9 Å². The van der Waals surface area contributed by atoms with Gasteiger partial charge in [0, 0.05) is 62.0 Å². The van der Waals surface area contributed by atoms with Gasteiger partial charge in [-0.15, -0.1) is 11.3 Å². The number of ether oxygens (including phenoxy) is 2. The minimum atomic E-state index is -0.857. The molecule has 2 amide bonds. The van der Waals surface area contributed by atoms with Crippen LogP contribution in [0.2, 0.25) is 0 Å². The van der Waals surface area contributed by atoms with Crippen LogP contribution >= 0.6 is 11.3 Å². The lowest BCUT2D eigenvalue weighted by molar-refractivity contribution is -0.141. The summed E-state index contributed by atoms with van der Waals surface area (Å²) >= 11 is 1.59. The van der Waals surface area contributed by atoms with Crippen molar-refractivity contribution in [3.05, 3.63) is 107 Å². The van der Waals surface area contributed by atoms with Crippen LogP contribution in [0, 0.1) is 18.7 Å². The van der Waals surface area contributed by atoms with Gasteiger partial charge in [0.05, 0.1) is 39.2 Å². The Labute approximate surface area is 451 Å². The molecule has 0 radical (unpaired) electrons. The summed E-state index contributed by atoms with van der Waals surface area (Å²) in [4.78, 5) is 54.8. The van der Waals surface area contributed by atoms with Crippen LogP contribution in [0.15, 0.2) is 83.0 Å². The number of rotatable bonds is 16. The first-order valence-corrected chi connectivity index (χ1v) is 28.4. The minimum Gasteiger partial charge on any atom is -0.474 e. The highest BCUT2D eigenvalue weighted by molar-refractivity contribution is 7.13. The normalized spacial score (nSPS) is 24.0. The van der Waals surface area contributed by atoms with E-state index in [1.807, 2.05) is 75.7 Å². The van der Waals surface area contributed by atoms with E-state index in [0.29, 0.717) is 42.3 Å². The topological polar surface area (TPSA) is 184 Å². The number of β-amino-alcohol motifs (C(OH)–C–C–N with tert-alkyl or cyclic N) is 1. The number of nitrogens with one attached hydrogen (secondary N) is 2. The fourth-order valence-corrected chi connectivity index (χ4v) is 14.0. The van der Waals surface area contributed by atoms with Gasteiger partial charge in [-0.2, -0.15) is 9.97 Å². The van der Waals surface area contributed by atoms with Crippen LogP contribution in [0.25, 0.3) is 43.4 Å². The van der Waals surface area contributed by atoms with E-state index in [1.165, 1.54) is 4.90 Å². The quantitative estimate of drug-likeness (QED) is 0.0834. The zero-order chi connectivity index (χ0) is 53.1. The molecule has 3 N–H and O–H groups in total. The molecule has 8 atom stereocenters. The molecule has 18 heteroatoms. The highest BCUT2D eigenvalue weighted by Crippen LogP contribution is 2.44. The molecule has 5 fully saturated rings. The maximum atomic E-state index is 17.3. The Balaban J connectivity index is 0.726. The molecule has 0 aliphatic carbocycles. The molecule has 5 aliphatic heterocycles. The van der Waals surface area contributed by atoms with Crippen LogP contribution < -0.4 is 25.0 Å². The fraction of sp³-hybridized carbons (Fsp3) is 0.475. The first kappa shape index (κ1) is 51.2. The van der Waals surface area contributed by atoms with Gasteiger partial charge in [-0.25, -0.2) is 9.37 Å². The summed E-state index contributed by atoms with van der Waals surface area (Å²) in [6.45, 7) is 12.9. The van der Waals surface area contributed by atoms with Gasteiger partial charge < -0.3 is 39.5 Å². The molecule has 5 aliphatic rings. The van der Waals surface area contributed by atoms with Crippen LogP contribution in [-0.2, 0) is 16.0 Å². The van der Waals surface area contributed by atoms with E-state index >= 15 is 4.39 Å². The number of aliphatic hydroxyl groups is 1. The summed E-state index contributed by atoms with van der Waals surface area (Å²) in [7, 11) is 0. The molecule has 7 aromatic rings. The van der Waals surface area contributed by atoms with E-state index in [2.05, 4.69) is 55.7 Å². The number of benzene rings is 3. The third kappa shape index (κ3) is 9.69. The fourth-order valence-electron chi connectivity index (χ4n) is 13.2. The number of aromatic nitrogens is 5. The zero-order valence-corrected chi connectivity index (χ0v) is 45.2. The first-order chi connectivity index (χ1) is 37.3. The Morgan fingerprint density at radius 3 is 2.53 bits per heavy atom. The predicted octanol–water partition coefficient (Wildman–Crippen LogP) is 8.94. The monoisotopic (exact) mass is 1060 g/mol. The van der Waals surface area contributed by atoms with E-state index in [0.717, 1.165) is 108 Å². The van der Waals surface area contributed by atoms with Crippen molar-refractivity contribution in [2.24, 2.45) is 5.92 Å². The average molecular weight is 1060 g/mol. The molecule has 0 spiro atoms. The van der Waals surface area contributed by atoms with Crippen molar-refractivity contribution < 1.29 is 33.1 Å². The highest BCUT2D eigenvalue weighted by Gasteiger charge is 2.50. The van der Waals surface area contributed by atoms with Crippen molar-refractivity contribution in [2.75, 3.05) is 44.3 Å². The van der Waals surface area contributed by atoms with Crippen LogP contribution in [0.1, 0.15) is 107 Å². The lowest BCUT2D eigenvalue weighted by Gasteiger charge is -2.35. The Bertz CT molecular complexity index is 3320. The summed E-state index contributed by atoms with van der Waals surface area (Å²) in [5, 5.41) is 24.5. The molecule has 9 heterocycles. The highest BCUT2D eigenvalue weighted by atomic mass is 32.1. The molecule has 12 rings (SSSR count). The standard InChI is InChI=1S/C59H67FN10O6S/c1-6-36-10-7-11-38-12-8-13-44(50(36)38)52-51(60)53-45(26-61-52)55(68-27-40-18-19-41(28-68)64-40)66-58(65-53)75-31-59-21-9-23-70(59)42(20-22-59)30-74-48-25-47(76-67-48)49(33(2)3)57(73)69-29-43(71)24-46(69)56(72)63-34(4)37-14-16-39(17-15-37)54-35(5)62-32-77-54/h7-8,10-17,25-26,32-34,40-43,46,49,64,71H,6,9,18-24,27-31H2,1-5H3,(H,63,72)/t34-,40?,41?,42-,43+,46-,49+,59+/m0/s1. The molecule has 77 heavy (non-hydrogen) atoms. The Hall–Kier alpha value is -6.60. The summed E-state index contributed by atoms with van der Waals surface area (Å²) in [5.41, 5.74) is 6.83. The van der Waals surface area contributed by atoms with Gasteiger partial charge in [0.25, 0.3) is 5.88 Å². The van der Waals surface area contributed by atoms with E-state index in [-0.39, 0.29) is 71.4 Å². The third-order valence-corrected chi connectivity index (χ3v) is 18.1.